The van der Waals surface area contributed by atoms with Gasteiger partial charge in [0.1, 0.15) is 5.37 Å². The first-order chi connectivity index (χ1) is 14.3. The highest BCUT2D eigenvalue weighted by atomic mass is 32.2. The third kappa shape index (κ3) is 4.74. The van der Waals surface area contributed by atoms with Gasteiger partial charge < -0.3 is 19.4 Å². The van der Waals surface area contributed by atoms with Crippen LogP contribution in [-0.2, 0) is 23.9 Å². The number of β-lactam (4-membered cyclic amide) rings is 1. The predicted molar refractivity (Wildman–Crippen MR) is 117 cm³/mol. The Morgan fingerprint density at radius 1 is 1.33 bits per heavy atom. The van der Waals surface area contributed by atoms with Crippen LogP contribution in [0.25, 0.3) is 0 Å². The average molecular weight is 476 g/mol. The molecule has 0 saturated carbocycles. The van der Waals surface area contributed by atoms with Crippen LogP contribution in [0.4, 0.5) is 0 Å². The average Bonchev–Trinajstić information content (AvgIpc) is 3.23. The molecule has 2 saturated heterocycles. The lowest BCUT2D eigenvalue weighted by molar-refractivity contribution is -0.172. The van der Waals surface area contributed by atoms with E-state index in [1.165, 1.54) is 28.4 Å². The molecule has 3 aliphatic rings. The van der Waals surface area contributed by atoms with Crippen LogP contribution in [0.2, 0.25) is 12.1 Å². The van der Waals surface area contributed by atoms with Crippen LogP contribution in [0.15, 0.2) is 9.93 Å². The predicted octanol–water partition coefficient (Wildman–Crippen LogP) is 1.77. The molecule has 3 rings (SSSR count). The SMILES string of the molecule is CCC(CC)C(=O)OCOC(=O)C1=C(SC2CC[SiH](O)C2)SC2C(C(C)O)C(=O)N12. The van der Waals surface area contributed by atoms with Gasteiger partial charge in [0.15, 0.2) is 14.7 Å². The fourth-order valence-corrected chi connectivity index (χ4v) is 10.2. The molecule has 30 heavy (non-hydrogen) atoms. The second-order valence-corrected chi connectivity index (χ2v) is 12.9. The molecule has 0 bridgehead atoms. The van der Waals surface area contributed by atoms with Crippen LogP contribution in [0.5, 0.6) is 0 Å². The Morgan fingerprint density at radius 3 is 2.60 bits per heavy atom. The number of hydrogen-bond donors (Lipinski definition) is 2. The number of esters is 2. The van der Waals surface area contributed by atoms with Gasteiger partial charge in [-0.2, -0.15) is 0 Å². The molecule has 2 fully saturated rings. The second-order valence-electron chi connectivity index (χ2n) is 7.85. The third-order valence-corrected chi connectivity index (χ3v) is 11.2. The minimum absolute atomic E-state index is 0.165. The van der Waals surface area contributed by atoms with Crippen molar-refractivity contribution in [3.8, 4) is 0 Å². The summed E-state index contributed by atoms with van der Waals surface area (Å²) in [5.74, 6) is -2.22. The van der Waals surface area contributed by atoms with Crippen molar-refractivity contribution in [3.63, 3.8) is 0 Å². The van der Waals surface area contributed by atoms with Gasteiger partial charge >= 0.3 is 11.9 Å². The van der Waals surface area contributed by atoms with Crippen molar-refractivity contribution in [1.82, 2.24) is 4.90 Å². The van der Waals surface area contributed by atoms with Gasteiger partial charge in [-0.1, -0.05) is 25.6 Å². The van der Waals surface area contributed by atoms with E-state index in [0.717, 1.165) is 18.5 Å². The molecule has 0 aromatic heterocycles. The zero-order chi connectivity index (χ0) is 22.0. The number of carbonyl (C=O) groups is 3. The van der Waals surface area contributed by atoms with E-state index in [1.54, 1.807) is 6.92 Å². The lowest BCUT2D eigenvalue weighted by Gasteiger charge is -2.43. The normalized spacial score (nSPS) is 29.1. The van der Waals surface area contributed by atoms with Crippen LogP contribution in [0, 0.1) is 11.8 Å². The highest BCUT2D eigenvalue weighted by Crippen LogP contribution is 2.55. The molecular weight excluding hydrogens is 446 g/mol. The lowest BCUT2D eigenvalue weighted by atomic mass is 9.92. The Labute approximate surface area is 186 Å². The van der Waals surface area contributed by atoms with Crippen LogP contribution >= 0.6 is 23.5 Å². The topological polar surface area (TPSA) is 113 Å². The number of ether oxygens (including phenoxy) is 2. The van der Waals surface area contributed by atoms with Gasteiger partial charge in [0, 0.05) is 5.25 Å². The van der Waals surface area contributed by atoms with Crippen molar-refractivity contribution in [2.45, 2.75) is 68.8 Å². The summed E-state index contributed by atoms with van der Waals surface area (Å²) in [6.07, 6.45) is 1.37. The minimum atomic E-state index is -1.66. The van der Waals surface area contributed by atoms with E-state index < -0.39 is 39.8 Å². The van der Waals surface area contributed by atoms with Gasteiger partial charge in [0.2, 0.25) is 12.7 Å². The van der Waals surface area contributed by atoms with Crippen molar-refractivity contribution in [2.75, 3.05) is 6.79 Å². The van der Waals surface area contributed by atoms with E-state index in [9.17, 15) is 24.3 Å². The van der Waals surface area contributed by atoms with Crippen molar-refractivity contribution in [1.29, 1.82) is 0 Å². The van der Waals surface area contributed by atoms with E-state index in [4.69, 9.17) is 9.47 Å². The van der Waals surface area contributed by atoms with Crippen molar-refractivity contribution >= 4 is 50.4 Å². The number of thioether (sulfide) groups is 2. The van der Waals surface area contributed by atoms with E-state index in [-0.39, 0.29) is 28.1 Å². The van der Waals surface area contributed by atoms with E-state index in [1.807, 2.05) is 13.8 Å². The molecule has 168 valence electrons. The Bertz CT molecular complexity index is 728. The molecule has 3 aliphatic heterocycles. The van der Waals surface area contributed by atoms with Gasteiger partial charge in [0.05, 0.1) is 22.2 Å². The molecule has 5 unspecified atom stereocenters. The van der Waals surface area contributed by atoms with Gasteiger partial charge in [-0.05, 0) is 38.3 Å². The highest BCUT2D eigenvalue weighted by Gasteiger charge is 2.58. The Kier molecular flexibility index (Phi) is 7.94. The van der Waals surface area contributed by atoms with Gasteiger partial charge in [-0.25, -0.2) is 4.79 Å². The molecule has 0 aliphatic carbocycles. The van der Waals surface area contributed by atoms with Crippen molar-refractivity contribution < 1.29 is 33.8 Å². The monoisotopic (exact) mass is 475 g/mol. The molecule has 3 heterocycles. The van der Waals surface area contributed by atoms with Crippen molar-refractivity contribution in [3.05, 3.63) is 9.93 Å². The minimum Gasteiger partial charge on any atom is -0.435 e. The Morgan fingerprint density at radius 2 is 2.03 bits per heavy atom. The number of rotatable bonds is 9. The number of fused-ring (bicyclic) bond motifs is 1. The summed E-state index contributed by atoms with van der Waals surface area (Å²) >= 11 is 2.89. The molecule has 1 amide bonds. The summed E-state index contributed by atoms with van der Waals surface area (Å²) in [7, 11) is -1.66. The van der Waals surface area contributed by atoms with E-state index in [2.05, 4.69) is 0 Å². The number of carbonyl (C=O) groups excluding carboxylic acids is 3. The van der Waals surface area contributed by atoms with E-state index in [0.29, 0.717) is 17.1 Å². The fraction of sp³-hybridized carbons (Fsp3) is 0.737. The quantitative estimate of drug-likeness (QED) is 0.223. The molecule has 5 atom stereocenters. The summed E-state index contributed by atoms with van der Waals surface area (Å²) in [6.45, 7) is 4.85. The Balaban J connectivity index is 1.68. The largest absolute Gasteiger partial charge is 0.435 e. The third-order valence-electron chi connectivity index (χ3n) is 5.80. The first-order valence-electron chi connectivity index (χ1n) is 10.4. The Hall–Kier alpha value is -1.01. The molecule has 0 aromatic rings. The lowest BCUT2D eigenvalue weighted by Crippen LogP contribution is -2.60. The molecule has 0 radical (unpaired) electrons. The molecule has 8 nitrogen and oxygen atoms in total. The number of amides is 1. The maximum Gasteiger partial charge on any atom is 0.359 e. The number of nitrogens with zero attached hydrogens (tertiary/aromatic N) is 1. The zero-order valence-corrected chi connectivity index (χ0v) is 20.2. The highest BCUT2D eigenvalue weighted by molar-refractivity contribution is 8.23. The first-order valence-corrected chi connectivity index (χ1v) is 14.3. The molecule has 11 heteroatoms. The van der Waals surface area contributed by atoms with Gasteiger partial charge in [0.25, 0.3) is 0 Å². The fourth-order valence-electron chi connectivity index (χ4n) is 3.95. The summed E-state index contributed by atoms with van der Waals surface area (Å²) in [4.78, 5) is 48.7. The summed E-state index contributed by atoms with van der Waals surface area (Å²) < 4.78 is 10.9. The maximum atomic E-state index is 12.8. The number of hydrogen-bond acceptors (Lipinski definition) is 9. The smallest absolute Gasteiger partial charge is 0.359 e. The van der Waals surface area contributed by atoms with Crippen LogP contribution in [0.1, 0.15) is 40.0 Å². The second kappa shape index (κ2) is 10.1. The van der Waals surface area contributed by atoms with Crippen LogP contribution in [-0.4, -0.2) is 65.2 Å². The summed E-state index contributed by atoms with van der Waals surface area (Å²) in [6, 6.07) is 1.62. The van der Waals surface area contributed by atoms with Gasteiger partial charge in [-0.15, -0.1) is 11.8 Å². The standard InChI is InChI=1S/C19H29NO7S2Si/c1-4-11(5-2)17(23)26-9-27-18(24)14-19(28-12-6-7-30(25)8-12)29-16-13(10(3)21)15(22)20(14)16/h10-13,16,21,25,30H,4-9H2,1-3H3. The summed E-state index contributed by atoms with van der Waals surface area (Å²) in [5.41, 5.74) is 0.165. The maximum absolute atomic E-state index is 12.8. The molecule has 0 spiro atoms. The number of aliphatic hydroxyl groups excluding tert-OH is 1. The zero-order valence-electron chi connectivity index (χ0n) is 17.4. The molecular formula is C19H29NO7S2Si. The van der Waals surface area contributed by atoms with Crippen LogP contribution in [0.3, 0.4) is 0 Å². The first kappa shape index (κ1) is 23.6. The van der Waals surface area contributed by atoms with Crippen molar-refractivity contribution in [2.24, 2.45) is 11.8 Å². The van der Waals surface area contributed by atoms with Crippen LogP contribution < -0.4 is 0 Å². The number of aliphatic hydroxyl groups is 1. The molecule has 0 aromatic carbocycles. The molecule has 2 N–H and O–H groups in total. The van der Waals surface area contributed by atoms with Gasteiger partial charge in [-0.3, -0.25) is 14.5 Å². The summed E-state index contributed by atoms with van der Waals surface area (Å²) in [5, 5.41) is 9.81. The van der Waals surface area contributed by atoms with E-state index >= 15 is 0 Å².